The molecule has 1 amide bonds. The van der Waals surface area contributed by atoms with Gasteiger partial charge >= 0.3 is 15.5 Å². The van der Waals surface area contributed by atoms with Gasteiger partial charge < -0.3 is 4.74 Å². The maximum absolute atomic E-state index is 13.0. The largest absolute Gasteiger partial charge is 0.511 e. The second kappa shape index (κ2) is 10.9. The number of carbonyl (C=O) groups excluding carboxylic acids is 1. The predicted octanol–water partition coefficient (Wildman–Crippen LogP) is 2.35. The number of methoxy groups -OCH3 is 1. The first kappa shape index (κ1) is 26.8. The van der Waals surface area contributed by atoms with Crippen molar-refractivity contribution < 1.29 is 36.0 Å². The molecule has 1 heterocycles. The number of rotatable bonds is 9. The molecule has 0 saturated heterocycles. The van der Waals surface area contributed by atoms with E-state index in [1.165, 1.54) is 38.6 Å². The number of carbonyl (C=O) groups is 1. The minimum atomic E-state index is -5.64. The highest BCUT2D eigenvalue weighted by Gasteiger charge is 2.52. The first-order valence-electron chi connectivity index (χ1n) is 9.15. The molecular formula is C19H26F3N3O5S. The first-order valence-corrected chi connectivity index (χ1v) is 10.6. The van der Waals surface area contributed by atoms with Gasteiger partial charge in [-0.3, -0.25) is 14.6 Å². The van der Waals surface area contributed by atoms with E-state index in [9.17, 15) is 26.4 Å². The van der Waals surface area contributed by atoms with E-state index in [4.69, 9.17) is 9.57 Å². The number of nitrogens with one attached hydrogen (secondary N) is 1. The average molecular weight is 465 g/mol. The van der Waals surface area contributed by atoms with Gasteiger partial charge in [0.25, 0.3) is 5.91 Å². The van der Waals surface area contributed by atoms with E-state index in [0.29, 0.717) is 13.0 Å². The first-order chi connectivity index (χ1) is 14.3. The number of alkyl halides is 3. The van der Waals surface area contributed by atoms with Gasteiger partial charge in [0.2, 0.25) is 0 Å². The van der Waals surface area contributed by atoms with Gasteiger partial charge in [0, 0.05) is 38.5 Å². The molecule has 1 N–H and O–H groups in total. The molecule has 1 rings (SSSR count). The van der Waals surface area contributed by atoms with Crippen molar-refractivity contribution in [3.05, 3.63) is 30.1 Å². The van der Waals surface area contributed by atoms with Crippen molar-refractivity contribution >= 4 is 15.9 Å². The van der Waals surface area contributed by atoms with Crippen LogP contribution in [0.2, 0.25) is 0 Å². The van der Waals surface area contributed by atoms with Crippen LogP contribution in [0.25, 0.3) is 0 Å². The maximum atomic E-state index is 13.0. The number of amides is 1. The van der Waals surface area contributed by atoms with Gasteiger partial charge in [0.15, 0.2) is 0 Å². The number of likely N-dealkylation sites (N-methyl/N-ethyl adjacent to an activating group) is 1. The van der Waals surface area contributed by atoms with Crippen LogP contribution < -0.4 is 5.48 Å². The number of nitrogens with zero attached hydrogens (tertiary/aromatic N) is 2. The SMILES string of the molecule is COCCC#CC(C)(C)C(ONC(=O)c1ccncc1)[C@H](C)N(C)S(=O)(=O)C(F)(F)F. The molecular weight excluding hydrogens is 439 g/mol. The summed E-state index contributed by atoms with van der Waals surface area (Å²) < 4.78 is 67.9. The molecule has 0 radical (unpaired) electrons. The third kappa shape index (κ3) is 7.17. The molecule has 12 heteroatoms. The van der Waals surface area contributed by atoms with E-state index in [-0.39, 0.29) is 9.87 Å². The average Bonchev–Trinajstić information content (AvgIpc) is 2.70. The number of pyridine rings is 1. The van der Waals surface area contributed by atoms with Gasteiger partial charge in [0.1, 0.15) is 6.10 Å². The Morgan fingerprint density at radius 3 is 2.39 bits per heavy atom. The fourth-order valence-electron chi connectivity index (χ4n) is 2.62. The van der Waals surface area contributed by atoms with Crippen LogP contribution in [-0.2, 0) is 19.6 Å². The maximum Gasteiger partial charge on any atom is 0.511 e. The Kier molecular flexibility index (Phi) is 9.44. The number of aromatic nitrogens is 1. The molecule has 0 aromatic carbocycles. The molecule has 31 heavy (non-hydrogen) atoms. The molecule has 0 aliphatic carbocycles. The van der Waals surface area contributed by atoms with Crippen LogP contribution in [0.1, 0.15) is 37.6 Å². The fraction of sp³-hybridized carbons (Fsp3) is 0.579. The van der Waals surface area contributed by atoms with Crippen LogP contribution in [0.15, 0.2) is 24.5 Å². The lowest BCUT2D eigenvalue weighted by Gasteiger charge is -2.37. The summed E-state index contributed by atoms with van der Waals surface area (Å²) in [6, 6.07) is 1.48. The Bertz CT molecular complexity index is 896. The summed E-state index contributed by atoms with van der Waals surface area (Å²) in [4.78, 5) is 21.5. The monoisotopic (exact) mass is 465 g/mol. The molecule has 0 saturated carbocycles. The minimum absolute atomic E-state index is 0.162. The number of halogens is 3. The van der Waals surface area contributed by atoms with Gasteiger partial charge in [0.05, 0.1) is 18.1 Å². The molecule has 1 aromatic heterocycles. The summed E-state index contributed by atoms with van der Waals surface area (Å²) in [6.07, 6.45) is 1.85. The van der Waals surface area contributed by atoms with Crippen LogP contribution in [0.4, 0.5) is 13.2 Å². The van der Waals surface area contributed by atoms with E-state index in [2.05, 4.69) is 22.3 Å². The highest BCUT2D eigenvalue weighted by molar-refractivity contribution is 7.90. The number of hydroxylamine groups is 1. The van der Waals surface area contributed by atoms with Crippen molar-refractivity contribution in [2.75, 3.05) is 20.8 Å². The molecule has 0 aliphatic heterocycles. The zero-order valence-corrected chi connectivity index (χ0v) is 18.7. The zero-order valence-electron chi connectivity index (χ0n) is 17.9. The van der Waals surface area contributed by atoms with Crippen molar-refractivity contribution in [2.24, 2.45) is 5.41 Å². The van der Waals surface area contributed by atoms with Crippen LogP contribution >= 0.6 is 0 Å². The van der Waals surface area contributed by atoms with Gasteiger partial charge in [-0.1, -0.05) is 5.92 Å². The molecule has 0 fully saturated rings. The van der Waals surface area contributed by atoms with Crippen molar-refractivity contribution in [1.82, 2.24) is 14.8 Å². The van der Waals surface area contributed by atoms with E-state index in [1.807, 2.05) is 0 Å². The Hall–Kier alpha value is -2.20. The number of ether oxygens (including phenoxy) is 1. The minimum Gasteiger partial charge on any atom is -0.384 e. The second-order valence-corrected chi connectivity index (χ2v) is 9.17. The Balaban J connectivity index is 3.19. The van der Waals surface area contributed by atoms with E-state index >= 15 is 0 Å². The van der Waals surface area contributed by atoms with Crippen LogP contribution in [0.3, 0.4) is 0 Å². The van der Waals surface area contributed by atoms with Crippen LogP contribution in [0.5, 0.6) is 0 Å². The molecule has 1 unspecified atom stereocenters. The lowest BCUT2D eigenvalue weighted by molar-refractivity contribution is -0.0843. The Labute approximate surface area is 180 Å². The molecule has 0 bridgehead atoms. The lowest BCUT2D eigenvalue weighted by atomic mass is 9.83. The molecule has 0 spiro atoms. The van der Waals surface area contributed by atoms with Crippen molar-refractivity contribution in [3.8, 4) is 11.8 Å². The topological polar surface area (TPSA) is 97.8 Å². The third-order valence-electron chi connectivity index (χ3n) is 4.46. The van der Waals surface area contributed by atoms with E-state index < -0.39 is 39.0 Å². The van der Waals surface area contributed by atoms with Gasteiger partial charge in [-0.15, -0.1) is 5.92 Å². The van der Waals surface area contributed by atoms with Crippen molar-refractivity contribution in [2.45, 2.75) is 44.8 Å². The molecule has 1 aromatic rings. The highest BCUT2D eigenvalue weighted by atomic mass is 32.2. The Morgan fingerprint density at radius 2 is 1.87 bits per heavy atom. The fourth-order valence-corrected chi connectivity index (χ4v) is 3.49. The summed E-state index contributed by atoms with van der Waals surface area (Å²) in [7, 11) is -3.35. The standard InChI is InChI=1S/C19H26F3N3O5S/c1-14(25(4)31(27,28)19(20,21)22)16(18(2,3)10-6-7-13-29-5)30-24-17(26)15-8-11-23-12-9-15/h8-9,11-12,14,16H,7,13H2,1-5H3,(H,24,26)/t14-,16?/m0/s1. The summed E-state index contributed by atoms with van der Waals surface area (Å²) in [5, 5.41) is 0. The summed E-state index contributed by atoms with van der Waals surface area (Å²) in [5.74, 6) is 5.01. The van der Waals surface area contributed by atoms with Gasteiger partial charge in [-0.05, 0) is 32.9 Å². The number of hydrogen-bond donors (Lipinski definition) is 1. The highest BCUT2D eigenvalue weighted by Crippen LogP contribution is 2.32. The molecule has 2 atom stereocenters. The molecule has 8 nitrogen and oxygen atoms in total. The second-order valence-electron chi connectivity index (χ2n) is 7.18. The van der Waals surface area contributed by atoms with Gasteiger partial charge in [-0.2, -0.15) is 17.5 Å². The van der Waals surface area contributed by atoms with Crippen molar-refractivity contribution in [1.29, 1.82) is 0 Å². The number of sulfonamides is 1. The third-order valence-corrected chi connectivity index (χ3v) is 6.13. The quantitative estimate of drug-likeness (QED) is 0.342. The normalized spacial score (nSPS) is 14.5. The lowest BCUT2D eigenvalue weighted by Crippen LogP contribution is -2.54. The van der Waals surface area contributed by atoms with E-state index in [1.54, 1.807) is 13.8 Å². The van der Waals surface area contributed by atoms with Gasteiger partial charge in [-0.25, -0.2) is 13.9 Å². The van der Waals surface area contributed by atoms with Crippen LogP contribution in [-0.4, -0.2) is 62.0 Å². The van der Waals surface area contributed by atoms with Crippen molar-refractivity contribution in [3.63, 3.8) is 0 Å². The van der Waals surface area contributed by atoms with E-state index in [0.717, 1.165) is 7.05 Å². The summed E-state index contributed by atoms with van der Waals surface area (Å²) in [6.45, 7) is 4.72. The Morgan fingerprint density at radius 1 is 1.29 bits per heavy atom. The summed E-state index contributed by atoms with van der Waals surface area (Å²) in [5.41, 5.74) is -4.27. The molecule has 0 aliphatic rings. The van der Waals surface area contributed by atoms with Crippen LogP contribution in [0, 0.1) is 17.3 Å². The molecule has 174 valence electrons. The summed E-state index contributed by atoms with van der Waals surface area (Å²) >= 11 is 0. The number of hydrogen-bond acceptors (Lipinski definition) is 6. The predicted molar refractivity (Wildman–Crippen MR) is 107 cm³/mol. The smallest absolute Gasteiger partial charge is 0.384 e. The zero-order chi connectivity index (χ0) is 23.9.